The van der Waals surface area contributed by atoms with Gasteiger partial charge in [0.2, 0.25) is 5.91 Å². The molecule has 0 saturated carbocycles. The predicted molar refractivity (Wildman–Crippen MR) is 82.6 cm³/mol. The normalized spacial score (nSPS) is 17.7. The van der Waals surface area contributed by atoms with Crippen LogP contribution >= 0.6 is 0 Å². The molecule has 0 spiro atoms. The third-order valence-corrected chi connectivity index (χ3v) is 3.92. The Hall–Kier alpha value is -2.21. The van der Waals surface area contributed by atoms with Crippen LogP contribution in [0.25, 0.3) is 10.9 Å². The molecule has 6 nitrogen and oxygen atoms in total. The molecule has 0 unspecified atom stereocenters. The van der Waals surface area contributed by atoms with E-state index in [1.165, 1.54) is 10.9 Å². The lowest BCUT2D eigenvalue weighted by molar-refractivity contribution is -0.121. The number of nitrogens with one attached hydrogen (secondary N) is 1. The summed E-state index contributed by atoms with van der Waals surface area (Å²) >= 11 is 0. The Kier molecular flexibility index (Phi) is 4.48. The summed E-state index contributed by atoms with van der Waals surface area (Å²) in [6.07, 6.45) is 2.77. The number of benzene rings is 1. The van der Waals surface area contributed by atoms with Gasteiger partial charge in [0.1, 0.15) is 0 Å². The number of hydrogen-bond acceptors (Lipinski definition) is 4. The van der Waals surface area contributed by atoms with Crippen LogP contribution in [-0.4, -0.2) is 35.2 Å². The third kappa shape index (κ3) is 3.33. The quantitative estimate of drug-likeness (QED) is 0.892. The summed E-state index contributed by atoms with van der Waals surface area (Å²) in [5.41, 5.74) is 0.567. The van der Waals surface area contributed by atoms with Crippen molar-refractivity contribution in [3.63, 3.8) is 0 Å². The molecule has 0 radical (unpaired) electrons. The van der Waals surface area contributed by atoms with Gasteiger partial charge in [-0.25, -0.2) is 4.98 Å². The first-order valence-electron chi connectivity index (χ1n) is 7.52. The van der Waals surface area contributed by atoms with Crippen molar-refractivity contribution < 1.29 is 9.53 Å². The molecule has 0 aliphatic carbocycles. The summed E-state index contributed by atoms with van der Waals surface area (Å²) in [5.74, 6) is 0.362. The van der Waals surface area contributed by atoms with Crippen molar-refractivity contribution in [1.82, 2.24) is 14.9 Å². The van der Waals surface area contributed by atoms with Crippen molar-refractivity contribution >= 4 is 16.8 Å². The van der Waals surface area contributed by atoms with E-state index in [-0.39, 0.29) is 17.9 Å². The second kappa shape index (κ2) is 6.70. The van der Waals surface area contributed by atoms with E-state index in [9.17, 15) is 9.59 Å². The van der Waals surface area contributed by atoms with Crippen LogP contribution in [0.2, 0.25) is 0 Å². The van der Waals surface area contributed by atoms with Gasteiger partial charge in [0, 0.05) is 32.0 Å². The first-order chi connectivity index (χ1) is 10.7. The van der Waals surface area contributed by atoms with E-state index in [0.29, 0.717) is 36.5 Å². The highest BCUT2D eigenvalue weighted by atomic mass is 16.5. The molecule has 1 amide bonds. The van der Waals surface area contributed by atoms with Gasteiger partial charge in [-0.1, -0.05) is 12.1 Å². The topological polar surface area (TPSA) is 73.2 Å². The molecule has 1 aliphatic rings. The molecule has 0 bridgehead atoms. The lowest BCUT2D eigenvalue weighted by Gasteiger charge is -2.10. The summed E-state index contributed by atoms with van der Waals surface area (Å²) in [4.78, 5) is 28.4. The van der Waals surface area contributed by atoms with Crippen LogP contribution in [0.15, 0.2) is 35.4 Å². The second-order valence-corrected chi connectivity index (χ2v) is 5.54. The summed E-state index contributed by atoms with van der Waals surface area (Å²) in [6, 6.07) is 7.21. The fourth-order valence-corrected chi connectivity index (χ4v) is 2.58. The molecule has 1 saturated heterocycles. The Morgan fingerprint density at radius 3 is 3.09 bits per heavy atom. The number of ether oxygens (including phenoxy) is 1. The number of rotatable bonds is 5. The van der Waals surface area contributed by atoms with Crippen molar-refractivity contribution in [2.24, 2.45) is 5.92 Å². The monoisotopic (exact) mass is 301 g/mol. The maximum Gasteiger partial charge on any atom is 0.261 e. The highest BCUT2D eigenvalue weighted by Gasteiger charge is 2.16. The zero-order chi connectivity index (χ0) is 15.4. The van der Waals surface area contributed by atoms with Gasteiger partial charge in [-0.05, 0) is 18.6 Å². The predicted octanol–water partition coefficient (Wildman–Crippen LogP) is 0.939. The Morgan fingerprint density at radius 1 is 1.41 bits per heavy atom. The molecule has 1 aromatic heterocycles. The fraction of sp³-hybridized carbons (Fsp3) is 0.438. The van der Waals surface area contributed by atoms with Crippen LogP contribution < -0.4 is 10.9 Å². The van der Waals surface area contributed by atoms with Crippen LogP contribution in [0.5, 0.6) is 0 Å². The molecule has 22 heavy (non-hydrogen) atoms. The Morgan fingerprint density at radius 2 is 2.27 bits per heavy atom. The van der Waals surface area contributed by atoms with E-state index < -0.39 is 0 Å². The third-order valence-electron chi connectivity index (χ3n) is 3.92. The van der Waals surface area contributed by atoms with Crippen LogP contribution in [-0.2, 0) is 16.1 Å². The summed E-state index contributed by atoms with van der Waals surface area (Å²) in [7, 11) is 0. The van der Waals surface area contributed by atoms with E-state index in [0.717, 1.165) is 13.0 Å². The summed E-state index contributed by atoms with van der Waals surface area (Å²) in [6.45, 7) is 2.47. The second-order valence-electron chi connectivity index (χ2n) is 5.54. The summed E-state index contributed by atoms with van der Waals surface area (Å²) in [5, 5.41) is 3.47. The largest absolute Gasteiger partial charge is 0.381 e. The van der Waals surface area contributed by atoms with Gasteiger partial charge >= 0.3 is 0 Å². The first kappa shape index (κ1) is 14.7. The van der Waals surface area contributed by atoms with Gasteiger partial charge in [-0.3, -0.25) is 14.2 Å². The minimum atomic E-state index is -0.109. The lowest BCUT2D eigenvalue weighted by Crippen LogP contribution is -2.31. The van der Waals surface area contributed by atoms with E-state index in [2.05, 4.69) is 10.3 Å². The van der Waals surface area contributed by atoms with Crippen LogP contribution in [0.1, 0.15) is 12.8 Å². The van der Waals surface area contributed by atoms with Crippen LogP contribution in [0.4, 0.5) is 0 Å². The van der Waals surface area contributed by atoms with E-state index in [1.807, 2.05) is 12.1 Å². The van der Waals surface area contributed by atoms with E-state index >= 15 is 0 Å². The van der Waals surface area contributed by atoms with Crippen molar-refractivity contribution in [2.75, 3.05) is 19.8 Å². The molecule has 1 atom stereocenters. The van der Waals surface area contributed by atoms with Crippen molar-refractivity contribution in [2.45, 2.75) is 19.4 Å². The molecule has 2 heterocycles. The van der Waals surface area contributed by atoms with Gasteiger partial charge < -0.3 is 10.1 Å². The van der Waals surface area contributed by atoms with E-state index in [4.69, 9.17) is 4.74 Å². The highest BCUT2D eigenvalue weighted by Crippen LogP contribution is 2.10. The molecule has 1 aliphatic heterocycles. The highest BCUT2D eigenvalue weighted by molar-refractivity contribution is 5.77. The Labute approximate surface area is 128 Å². The molecule has 1 aromatic carbocycles. The minimum absolute atomic E-state index is 0.0491. The number of nitrogens with zero attached hydrogens (tertiary/aromatic N) is 2. The summed E-state index contributed by atoms with van der Waals surface area (Å²) < 4.78 is 6.76. The van der Waals surface area contributed by atoms with Crippen molar-refractivity contribution in [3.05, 3.63) is 40.9 Å². The van der Waals surface area contributed by atoms with E-state index in [1.54, 1.807) is 12.1 Å². The fourth-order valence-electron chi connectivity index (χ4n) is 2.58. The molecular weight excluding hydrogens is 282 g/mol. The molecule has 1 fully saturated rings. The van der Waals surface area contributed by atoms with Gasteiger partial charge in [0.15, 0.2) is 0 Å². The maximum atomic E-state index is 12.3. The number of hydrogen-bond donors (Lipinski definition) is 1. The zero-order valence-electron chi connectivity index (χ0n) is 12.3. The van der Waals surface area contributed by atoms with Crippen LogP contribution in [0.3, 0.4) is 0 Å². The number of carbonyl (C=O) groups excluding carboxylic acids is 1. The Bertz CT molecular complexity index is 720. The number of carbonyl (C=O) groups is 1. The van der Waals surface area contributed by atoms with Crippen LogP contribution in [0, 0.1) is 5.92 Å². The molecular formula is C16H19N3O3. The molecule has 116 valence electrons. The van der Waals surface area contributed by atoms with Gasteiger partial charge in [0.25, 0.3) is 5.56 Å². The number of aryl methyl sites for hydroxylation is 1. The average Bonchev–Trinajstić information content (AvgIpc) is 3.06. The minimum Gasteiger partial charge on any atom is -0.381 e. The molecule has 3 rings (SSSR count). The number of fused-ring (bicyclic) bond motifs is 1. The SMILES string of the molecule is O=C(CCn1cnc2ccccc2c1=O)NC[C@H]1CCOC1. The standard InChI is InChI=1S/C16H19N3O3/c20-15(17-9-12-6-8-22-10-12)5-7-19-11-18-14-4-2-1-3-13(14)16(19)21/h1-4,11-12H,5-10H2,(H,17,20)/t12-/m1/s1. The number of para-hydroxylation sites is 1. The van der Waals surface area contributed by atoms with Crippen molar-refractivity contribution in [1.29, 1.82) is 0 Å². The molecule has 2 aromatic rings. The molecule has 1 N–H and O–H groups in total. The number of aromatic nitrogens is 2. The van der Waals surface area contributed by atoms with Gasteiger partial charge in [0.05, 0.1) is 23.8 Å². The van der Waals surface area contributed by atoms with Crippen molar-refractivity contribution in [3.8, 4) is 0 Å². The Balaban J connectivity index is 1.58. The first-order valence-corrected chi connectivity index (χ1v) is 7.52. The maximum absolute atomic E-state index is 12.3. The molecule has 6 heteroatoms. The smallest absolute Gasteiger partial charge is 0.261 e. The average molecular weight is 301 g/mol. The number of amides is 1. The van der Waals surface area contributed by atoms with Gasteiger partial charge in [-0.15, -0.1) is 0 Å². The lowest BCUT2D eigenvalue weighted by atomic mass is 10.1. The zero-order valence-corrected chi connectivity index (χ0v) is 12.3. The van der Waals surface area contributed by atoms with Gasteiger partial charge in [-0.2, -0.15) is 0 Å².